The summed E-state index contributed by atoms with van der Waals surface area (Å²) < 4.78 is 1.48. The first-order valence-corrected chi connectivity index (χ1v) is 7.31. The van der Waals surface area contributed by atoms with Crippen molar-refractivity contribution in [3.8, 4) is 11.1 Å². The topological polar surface area (TPSA) is 72.7 Å². The number of carbonyl (C=O) groups excluding carboxylic acids is 1. The van der Waals surface area contributed by atoms with E-state index in [0.29, 0.717) is 6.54 Å². The van der Waals surface area contributed by atoms with Gasteiger partial charge < -0.3 is 5.32 Å². The Hall–Kier alpha value is -2.54. The maximum absolute atomic E-state index is 11.8. The lowest BCUT2D eigenvalue weighted by Crippen LogP contribution is -2.27. The highest BCUT2D eigenvalue weighted by atomic mass is 32.1. The van der Waals surface area contributed by atoms with E-state index in [1.807, 2.05) is 17.6 Å². The average molecular weight is 299 g/mol. The SMILES string of the molecule is O=C(Cn1cncn1)NCc1cncc(-c2ccsc2)c1. The molecule has 1 amide bonds. The minimum absolute atomic E-state index is 0.110. The average Bonchev–Trinajstić information content (AvgIpc) is 3.19. The molecule has 0 atom stereocenters. The van der Waals surface area contributed by atoms with E-state index in [-0.39, 0.29) is 12.5 Å². The summed E-state index contributed by atoms with van der Waals surface area (Å²) in [7, 11) is 0. The molecule has 0 bridgehead atoms. The van der Waals surface area contributed by atoms with Crippen molar-refractivity contribution in [1.29, 1.82) is 0 Å². The highest BCUT2D eigenvalue weighted by molar-refractivity contribution is 7.08. The van der Waals surface area contributed by atoms with E-state index in [0.717, 1.165) is 16.7 Å². The van der Waals surface area contributed by atoms with Crippen LogP contribution in [-0.4, -0.2) is 25.7 Å². The number of hydrogen-bond acceptors (Lipinski definition) is 5. The molecule has 6 nitrogen and oxygen atoms in total. The molecular formula is C14H13N5OS. The van der Waals surface area contributed by atoms with Gasteiger partial charge in [0.25, 0.3) is 0 Å². The quantitative estimate of drug-likeness (QED) is 0.778. The van der Waals surface area contributed by atoms with Gasteiger partial charge in [-0.25, -0.2) is 9.67 Å². The van der Waals surface area contributed by atoms with Crippen molar-refractivity contribution in [2.45, 2.75) is 13.1 Å². The molecule has 3 aromatic heterocycles. The third-order valence-electron chi connectivity index (χ3n) is 2.91. The van der Waals surface area contributed by atoms with Gasteiger partial charge in [-0.1, -0.05) is 0 Å². The van der Waals surface area contributed by atoms with Crippen LogP contribution in [0.15, 0.2) is 47.9 Å². The number of rotatable bonds is 5. The number of nitrogens with one attached hydrogen (secondary N) is 1. The largest absolute Gasteiger partial charge is 0.350 e. The van der Waals surface area contributed by atoms with Gasteiger partial charge in [0.1, 0.15) is 19.2 Å². The highest BCUT2D eigenvalue weighted by Crippen LogP contribution is 2.21. The number of pyridine rings is 1. The van der Waals surface area contributed by atoms with Crippen LogP contribution < -0.4 is 5.32 Å². The Morgan fingerprint density at radius 1 is 1.29 bits per heavy atom. The molecule has 0 fully saturated rings. The van der Waals surface area contributed by atoms with Gasteiger partial charge in [0.15, 0.2) is 0 Å². The van der Waals surface area contributed by atoms with Gasteiger partial charge in [0.05, 0.1) is 0 Å². The van der Waals surface area contributed by atoms with Crippen molar-refractivity contribution < 1.29 is 4.79 Å². The number of hydrogen-bond donors (Lipinski definition) is 1. The number of carbonyl (C=O) groups is 1. The summed E-state index contributed by atoms with van der Waals surface area (Å²) in [5.74, 6) is -0.110. The minimum atomic E-state index is -0.110. The standard InChI is InChI=1S/C14H13N5OS/c20-14(7-19-10-16-9-18-19)17-5-11-3-13(6-15-4-11)12-1-2-21-8-12/h1-4,6,8-10H,5,7H2,(H,17,20). The molecule has 0 saturated carbocycles. The zero-order valence-electron chi connectivity index (χ0n) is 11.1. The first-order chi connectivity index (χ1) is 10.3. The van der Waals surface area contributed by atoms with Crippen molar-refractivity contribution in [3.63, 3.8) is 0 Å². The van der Waals surface area contributed by atoms with Crippen LogP contribution in [-0.2, 0) is 17.9 Å². The zero-order valence-corrected chi connectivity index (χ0v) is 12.0. The molecule has 0 unspecified atom stereocenters. The van der Waals surface area contributed by atoms with Crippen LogP contribution in [0.4, 0.5) is 0 Å². The van der Waals surface area contributed by atoms with E-state index < -0.39 is 0 Å². The fourth-order valence-corrected chi connectivity index (χ4v) is 2.55. The van der Waals surface area contributed by atoms with E-state index >= 15 is 0 Å². The third-order valence-corrected chi connectivity index (χ3v) is 3.59. The van der Waals surface area contributed by atoms with Crippen LogP contribution in [0.2, 0.25) is 0 Å². The van der Waals surface area contributed by atoms with Crippen LogP contribution in [0, 0.1) is 0 Å². The molecule has 0 saturated heterocycles. The Bertz CT molecular complexity index is 709. The second-order valence-electron chi connectivity index (χ2n) is 4.46. The smallest absolute Gasteiger partial charge is 0.242 e. The van der Waals surface area contributed by atoms with Crippen molar-refractivity contribution in [3.05, 3.63) is 53.5 Å². The van der Waals surface area contributed by atoms with Gasteiger partial charge in [-0.3, -0.25) is 9.78 Å². The van der Waals surface area contributed by atoms with Gasteiger partial charge in [-0.05, 0) is 34.0 Å². The normalized spacial score (nSPS) is 10.5. The van der Waals surface area contributed by atoms with Gasteiger partial charge >= 0.3 is 0 Å². The van der Waals surface area contributed by atoms with Crippen LogP contribution in [0.3, 0.4) is 0 Å². The second kappa shape index (κ2) is 6.27. The molecular weight excluding hydrogens is 286 g/mol. The Kier molecular flexibility index (Phi) is 4.02. The molecule has 0 aromatic carbocycles. The summed E-state index contributed by atoms with van der Waals surface area (Å²) in [6.07, 6.45) is 6.49. The molecule has 3 rings (SSSR count). The third kappa shape index (κ3) is 3.51. The molecule has 106 valence electrons. The van der Waals surface area contributed by atoms with Crippen molar-refractivity contribution >= 4 is 17.2 Å². The van der Waals surface area contributed by atoms with Crippen LogP contribution in [0.1, 0.15) is 5.56 Å². The van der Waals surface area contributed by atoms with Crippen LogP contribution in [0.25, 0.3) is 11.1 Å². The Balaban J connectivity index is 1.60. The van der Waals surface area contributed by atoms with Gasteiger partial charge in [0.2, 0.25) is 5.91 Å². The van der Waals surface area contributed by atoms with Crippen LogP contribution in [0.5, 0.6) is 0 Å². The summed E-state index contributed by atoms with van der Waals surface area (Å²) >= 11 is 1.65. The molecule has 0 spiro atoms. The first kappa shape index (κ1) is 13.4. The number of thiophene rings is 1. The minimum Gasteiger partial charge on any atom is -0.350 e. The molecule has 3 heterocycles. The Morgan fingerprint density at radius 3 is 3.00 bits per heavy atom. The van der Waals surface area contributed by atoms with Crippen molar-refractivity contribution in [2.75, 3.05) is 0 Å². The zero-order chi connectivity index (χ0) is 14.5. The maximum atomic E-state index is 11.8. The van der Waals surface area contributed by atoms with Gasteiger partial charge in [0, 0.05) is 24.5 Å². The lowest BCUT2D eigenvalue weighted by atomic mass is 10.1. The first-order valence-electron chi connectivity index (χ1n) is 6.37. The van der Waals surface area contributed by atoms with E-state index in [1.165, 1.54) is 17.3 Å². The molecule has 3 aromatic rings. The van der Waals surface area contributed by atoms with E-state index in [1.54, 1.807) is 17.5 Å². The number of nitrogens with zero attached hydrogens (tertiary/aromatic N) is 4. The molecule has 0 radical (unpaired) electrons. The Morgan fingerprint density at radius 2 is 2.24 bits per heavy atom. The number of aromatic nitrogens is 4. The van der Waals surface area contributed by atoms with E-state index in [2.05, 4.69) is 31.8 Å². The summed E-state index contributed by atoms with van der Waals surface area (Å²) in [6.45, 7) is 0.607. The summed E-state index contributed by atoms with van der Waals surface area (Å²) in [6, 6.07) is 4.08. The highest BCUT2D eigenvalue weighted by Gasteiger charge is 2.05. The summed E-state index contributed by atoms with van der Waals surface area (Å²) in [4.78, 5) is 19.8. The molecule has 0 aliphatic heterocycles. The predicted molar refractivity (Wildman–Crippen MR) is 79.4 cm³/mol. The van der Waals surface area contributed by atoms with Gasteiger partial charge in [-0.2, -0.15) is 16.4 Å². The monoisotopic (exact) mass is 299 g/mol. The van der Waals surface area contributed by atoms with Crippen LogP contribution >= 0.6 is 11.3 Å². The fourth-order valence-electron chi connectivity index (χ4n) is 1.89. The molecule has 21 heavy (non-hydrogen) atoms. The molecule has 7 heteroatoms. The van der Waals surface area contributed by atoms with Crippen molar-refractivity contribution in [2.24, 2.45) is 0 Å². The van der Waals surface area contributed by atoms with E-state index in [4.69, 9.17) is 0 Å². The molecule has 0 aliphatic rings. The fraction of sp³-hybridized carbons (Fsp3) is 0.143. The lowest BCUT2D eigenvalue weighted by Gasteiger charge is -2.06. The summed E-state index contributed by atoms with van der Waals surface area (Å²) in [5.41, 5.74) is 3.16. The molecule has 0 aliphatic carbocycles. The van der Waals surface area contributed by atoms with Crippen molar-refractivity contribution in [1.82, 2.24) is 25.1 Å². The maximum Gasteiger partial charge on any atom is 0.242 e. The summed E-state index contributed by atoms with van der Waals surface area (Å²) in [5, 5.41) is 10.8. The molecule has 1 N–H and O–H groups in total. The second-order valence-corrected chi connectivity index (χ2v) is 5.24. The van der Waals surface area contributed by atoms with Gasteiger partial charge in [-0.15, -0.1) is 0 Å². The Labute approximate surface area is 125 Å². The predicted octanol–water partition coefficient (Wildman–Crippen LogP) is 1.72. The van der Waals surface area contributed by atoms with E-state index in [9.17, 15) is 4.79 Å². The number of amides is 1. The lowest BCUT2D eigenvalue weighted by molar-refractivity contribution is -0.122.